The largest absolute Gasteiger partial charge is 0.370 e. The number of nitrogens with zero attached hydrogens (tertiary/aromatic N) is 8. The van der Waals surface area contributed by atoms with Gasteiger partial charge in [0.15, 0.2) is 5.82 Å². The number of rotatable bonds is 8. The van der Waals surface area contributed by atoms with Gasteiger partial charge in [0.1, 0.15) is 17.8 Å². The maximum atomic E-state index is 12.3. The van der Waals surface area contributed by atoms with E-state index in [1.807, 2.05) is 30.3 Å². The van der Waals surface area contributed by atoms with Gasteiger partial charge in [-0.2, -0.15) is 0 Å². The standard InChI is InChI=1S/C26H26N10O/c1-16(18-5-4-6-19-20(26(37)27-2)10-12-29-24(18)19)9-11-28-23-13-22(31-15-32-23)17-7-8-21(30-14-17)25-33-34-35-36(25)3/h4-8,10,12-16H,9,11H2,1-3H3,(H,27,37)(H,28,31,32). The van der Waals surface area contributed by atoms with Crippen molar-refractivity contribution in [2.24, 2.45) is 7.05 Å². The van der Waals surface area contributed by atoms with E-state index in [4.69, 9.17) is 0 Å². The fraction of sp³-hybridized carbons (Fsp3) is 0.231. The molecule has 0 saturated carbocycles. The van der Waals surface area contributed by atoms with Crippen LogP contribution in [0.2, 0.25) is 0 Å². The van der Waals surface area contributed by atoms with E-state index in [0.29, 0.717) is 23.6 Å². The normalized spacial score (nSPS) is 11.9. The summed E-state index contributed by atoms with van der Waals surface area (Å²) in [4.78, 5) is 30.1. The predicted octanol–water partition coefficient (Wildman–Crippen LogP) is 3.24. The van der Waals surface area contributed by atoms with Crippen LogP contribution in [0.1, 0.15) is 35.2 Å². The monoisotopic (exact) mass is 494 g/mol. The highest BCUT2D eigenvalue weighted by molar-refractivity contribution is 6.06. The van der Waals surface area contributed by atoms with E-state index in [0.717, 1.165) is 40.0 Å². The number of para-hydroxylation sites is 1. The topological polar surface area (TPSA) is 136 Å². The number of nitrogens with one attached hydrogen (secondary N) is 2. The van der Waals surface area contributed by atoms with Gasteiger partial charge in [0, 0.05) is 50.0 Å². The molecule has 37 heavy (non-hydrogen) atoms. The lowest BCUT2D eigenvalue weighted by atomic mass is 9.94. The zero-order valence-corrected chi connectivity index (χ0v) is 20.8. The van der Waals surface area contributed by atoms with Crippen molar-refractivity contribution in [3.8, 4) is 22.8 Å². The Morgan fingerprint density at radius 3 is 2.70 bits per heavy atom. The highest BCUT2D eigenvalue weighted by atomic mass is 16.1. The maximum Gasteiger partial charge on any atom is 0.251 e. The van der Waals surface area contributed by atoms with E-state index in [1.54, 1.807) is 37.2 Å². The Balaban J connectivity index is 1.26. The number of hydrogen-bond acceptors (Lipinski definition) is 9. The van der Waals surface area contributed by atoms with E-state index in [2.05, 4.69) is 59.1 Å². The van der Waals surface area contributed by atoms with Crippen LogP contribution in [0.5, 0.6) is 0 Å². The smallest absolute Gasteiger partial charge is 0.251 e. The number of fused-ring (bicyclic) bond motifs is 1. The molecule has 186 valence electrons. The molecule has 1 atom stereocenters. The maximum absolute atomic E-state index is 12.3. The molecule has 4 heterocycles. The van der Waals surface area contributed by atoms with Crippen LogP contribution < -0.4 is 10.6 Å². The van der Waals surface area contributed by atoms with E-state index in [-0.39, 0.29) is 11.8 Å². The molecule has 0 fully saturated rings. The first-order chi connectivity index (χ1) is 18.0. The van der Waals surface area contributed by atoms with Crippen molar-refractivity contribution in [1.82, 2.24) is 45.5 Å². The number of carbonyl (C=O) groups is 1. The van der Waals surface area contributed by atoms with Gasteiger partial charge in [-0.15, -0.1) is 5.10 Å². The third kappa shape index (κ3) is 4.96. The number of amides is 1. The number of tetrazole rings is 1. The zero-order chi connectivity index (χ0) is 25.8. The first kappa shape index (κ1) is 23.9. The van der Waals surface area contributed by atoms with Crippen molar-refractivity contribution in [1.29, 1.82) is 0 Å². The molecular weight excluding hydrogens is 468 g/mol. The van der Waals surface area contributed by atoms with Crippen LogP contribution in [0.25, 0.3) is 33.7 Å². The summed E-state index contributed by atoms with van der Waals surface area (Å²) in [7, 11) is 3.40. The molecule has 0 saturated heterocycles. The number of anilines is 1. The molecule has 1 amide bonds. The Morgan fingerprint density at radius 1 is 1.05 bits per heavy atom. The van der Waals surface area contributed by atoms with E-state index in [9.17, 15) is 4.79 Å². The summed E-state index contributed by atoms with van der Waals surface area (Å²) in [5.74, 6) is 1.43. The minimum Gasteiger partial charge on any atom is -0.370 e. The Kier molecular flexibility index (Phi) is 6.75. The number of pyridine rings is 2. The minimum atomic E-state index is -0.117. The molecule has 2 N–H and O–H groups in total. The first-order valence-electron chi connectivity index (χ1n) is 11.9. The van der Waals surface area contributed by atoms with Crippen LogP contribution in [0.15, 0.2) is 61.2 Å². The highest BCUT2D eigenvalue weighted by Crippen LogP contribution is 2.28. The average molecular weight is 495 g/mol. The van der Waals surface area contributed by atoms with Crippen LogP contribution in [0, 0.1) is 0 Å². The summed E-state index contributed by atoms with van der Waals surface area (Å²) in [6.45, 7) is 2.87. The van der Waals surface area contributed by atoms with E-state index >= 15 is 0 Å². The van der Waals surface area contributed by atoms with E-state index in [1.165, 1.54) is 6.33 Å². The predicted molar refractivity (Wildman–Crippen MR) is 140 cm³/mol. The summed E-state index contributed by atoms with van der Waals surface area (Å²) in [5.41, 5.74) is 4.91. The van der Waals surface area contributed by atoms with Crippen molar-refractivity contribution in [3.63, 3.8) is 0 Å². The van der Waals surface area contributed by atoms with Crippen molar-refractivity contribution < 1.29 is 4.79 Å². The van der Waals surface area contributed by atoms with Gasteiger partial charge in [-0.3, -0.25) is 14.8 Å². The third-order valence-corrected chi connectivity index (χ3v) is 6.26. The van der Waals surface area contributed by atoms with Crippen molar-refractivity contribution in [3.05, 3.63) is 72.3 Å². The lowest BCUT2D eigenvalue weighted by molar-refractivity contribution is 0.0964. The Morgan fingerprint density at radius 2 is 1.95 bits per heavy atom. The zero-order valence-electron chi connectivity index (χ0n) is 20.8. The van der Waals surface area contributed by atoms with Crippen LogP contribution in [-0.4, -0.2) is 59.6 Å². The average Bonchev–Trinajstić information content (AvgIpc) is 3.37. The van der Waals surface area contributed by atoms with Crippen molar-refractivity contribution in [2.45, 2.75) is 19.3 Å². The first-order valence-corrected chi connectivity index (χ1v) is 11.9. The quantitative estimate of drug-likeness (QED) is 0.333. The lowest BCUT2D eigenvalue weighted by Gasteiger charge is -2.16. The lowest BCUT2D eigenvalue weighted by Crippen LogP contribution is -2.18. The minimum absolute atomic E-state index is 0.117. The van der Waals surface area contributed by atoms with Gasteiger partial charge < -0.3 is 10.6 Å². The molecule has 11 nitrogen and oxygen atoms in total. The Bertz CT molecular complexity index is 1550. The van der Waals surface area contributed by atoms with E-state index < -0.39 is 0 Å². The molecule has 1 aromatic carbocycles. The molecule has 0 spiro atoms. The second-order valence-corrected chi connectivity index (χ2v) is 8.64. The second kappa shape index (κ2) is 10.4. The van der Waals surface area contributed by atoms with Gasteiger partial charge in [-0.1, -0.05) is 25.1 Å². The SMILES string of the molecule is CNC(=O)c1ccnc2c(C(C)CCNc3cc(-c4ccc(-c5nnnn5C)nc4)ncn3)cccc12. The Labute approximate surface area is 213 Å². The molecule has 5 aromatic rings. The van der Waals surface area contributed by atoms with Crippen LogP contribution in [-0.2, 0) is 7.05 Å². The van der Waals surface area contributed by atoms with Crippen LogP contribution >= 0.6 is 0 Å². The molecule has 5 rings (SSSR count). The van der Waals surface area contributed by atoms with Crippen LogP contribution in [0.3, 0.4) is 0 Å². The van der Waals surface area contributed by atoms with Gasteiger partial charge in [0.05, 0.1) is 16.8 Å². The summed E-state index contributed by atoms with van der Waals surface area (Å²) in [5, 5.41) is 18.4. The number of benzene rings is 1. The summed E-state index contributed by atoms with van der Waals surface area (Å²) in [6, 6.07) is 13.4. The highest BCUT2D eigenvalue weighted by Gasteiger charge is 2.15. The van der Waals surface area contributed by atoms with Gasteiger partial charge in [-0.25, -0.2) is 14.6 Å². The number of hydrogen-bond donors (Lipinski definition) is 2. The molecule has 0 aliphatic carbocycles. The van der Waals surface area contributed by atoms with Crippen LogP contribution in [0.4, 0.5) is 5.82 Å². The molecule has 0 aliphatic heterocycles. The molecule has 11 heteroatoms. The summed E-state index contributed by atoms with van der Waals surface area (Å²) < 4.78 is 1.57. The number of aromatic nitrogens is 8. The molecule has 0 radical (unpaired) electrons. The van der Waals surface area contributed by atoms with Crippen molar-refractivity contribution >= 4 is 22.6 Å². The van der Waals surface area contributed by atoms with Gasteiger partial charge in [0.2, 0.25) is 0 Å². The molecule has 1 unspecified atom stereocenters. The molecule has 4 aromatic heterocycles. The number of carbonyl (C=O) groups excluding carboxylic acids is 1. The fourth-order valence-corrected chi connectivity index (χ4v) is 4.24. The van der Waals surface area contributed by atoms with Gasteiger partial charge in [-0.05, 0) is 46.5 Å². The molecule has 0 aliphatic rings. The Hall–Kier alpha value is -4.80. The summed E-state index contributed by atoms with van der Waals surface area (Å²) in [6.07, 6.45) is 5.83. The molecular formula is C26H26N10O. The fourth-order valence-electron chi connectivity index (χ4n) is 4.24. The van der Waals surface area contributed by atoms with Crippen molar-refractivity contribution in [2.75, 3.05) is 18.9 Å². The van der Waals surface area contributed by atoms with Gasteiger partial charge in [0.25, 0.3) is 5.91 Å². The third-order valence-electron chi connectivity index (χ3n) is 6.26. The number of aryl methyl sites for hydroxylation is 1. The second-order valence-electron chi connectivity index (χ2n) is 8.64. The summed E-state index contributed by atoms with van der Waals surface area (Å²) >= 11 is 0. The van der Waals surface area contributed by atoms with Gasteiger partial charge >= 0.3 is 0 Å². The molecule has 0 bridgehead atoms.